The number of benzene rings is 2. The Balaban J connectivity index is 0.000000519. The number of carbonyl (C=O) groups is 2. The number of rotatable bonds is 7. The summed E-state index contributed by atoms with van der Waals surface area (Å²) in [5.74, 6) is 0.0915. The molecule has 0 bridgehead atoms. The van der Waals surface area contributed by atoms with Gasteiger partial charge in [-0.3, -0.25) is 9.59 Å². The van der Waals surface area contributed by atoms with Gasteiger partial charge < -0.3 is 0 Å². The fourth-order valence-corrected chi connectivity index (χ4v) is 2.34. The van der Waals surface area contributed by atoms with Gasteiger partial charge in [0.05, 0.1) is 0 Å². The molecule has 0 fully saturated rings. The Morgan fingerprint density at radius 3 is 1.85 bits per heavy atom. The van der Waals surface area contributed by atoms with Crippen molar-refractivity contribution in [2.45, 2.75) is 53.4 Å². The first-order valence-corrected chi connectivity index (χ1v) is 9.45. The quantitative estimate of drug-likeness (QED) is 0.389. The Labute approximate surface area is 161 Å². The maximum atomic E-state index is 12.7. The summed E-state index contributed by atoms with van der Waals surface area (Å²) in [7, 11) is 0. The summed E-state index contributed by atoms with van der Waals surface area (Å²) in [6.07, 6.45) is 4.49. The first kappa shape index (κ1) is 24.6. The molecule has 2 aromatic carbocycles. The van der Waals surface area contributed by atoms with E-state index in [0.29, 0.717) is 29.8 Å². The summed E-state index contributed by atoms with van der Waals surface area (Å²) in [4.78, 5) is 21.7. The van der Waals surface area contributed by atoms with Gasteiger partial charge in [-0.25, -0.2) is 8.78 Å². The van der Waals surface area contributed by atoms with Gasteiger partial charge >= 0.3 is 0 Å². The fourth-order valence-electron chi connectivity index (χ4n) is 2.34. The van der Waals surface area contributed by atoms with Gasteiger partial charge in [0.15, 0.2) is 5.78 Å². The predicted molar refractivity (Wildman–Crippen MR) is 107 cm³/mol. The minimum Gasteiger partial charge on any atom is -0.298 e. The highest BCUT2D eigenvalue weighted by Gasteiger charge is 2.08. The van der Waals surface area contributed by atoms with Gasteiger partial charge in [0, 0.05) is 17.5 Å². The molecule has 148 valence electrons. The van der Waals surface area contributed by atoms with Crippen molar-refractivity contribution >= 4 is 12.1 Å². The van der Waals surface area contributed by atoms with Crippen LogP contribution in [0, 0.1) is 17.6 Å². The topological polar surface area (TPSA) is 34.1 Å². The average Bonchev–Trinajstić information content (AvgIpc) is 2.69. The molecule has 0 N–H and O–H groups in total. The van der Waals surface area contributed by atoms with E-state index in [-0.39, 0.29) is 17.4 Å². The van der Waals surface area contributed by atoms with Gasteiger partial charge in [0.1, 0.15) is 17.9 Å². The second-order valence-electron chi connectivity index (χ2n) is 6.03. The number of aldehydes is 1. The third-order valence-corrected chi connectivity index (χ3v) is 3.82. The number of carbonyl (C=O) groups excluding carboxylic acids is 2. The second-order valence-corrected chi connectivity index (χ2v) is 6.03. The number of hydrogen-bond acceptors (Lipinski definition) is 2. The standard InChI is InChI=1S/C14H19FO.C7H5FO.C2H6/c1-3-4-11(2)5-10-14(16)12-6-8-13(15)9-7-12;8-7-3-1-6(5-9)2-4-7;1-2/h6-9,11H,3-5,10H2,1-2H3;1-5H;1-2H3. The number of ketones is 1. The lowest BCUT2D eigenvalue weighted by Crippen LogP contribution is -2.03. The van der Waals surface area contributed by atoms with Crippen molar-refractivity contribution in [2.24, 2.45) is 5.92 Å². The van der Waals surface area contributed by atoms with Crippen molar-refractivity contribution in [2.75, 3.05) is 0 Å². The summed E-state index contributed by atoms with van der Waals surface area (Å²) >= 11 is 0. The summed E-state index contributed by atoms with van der Waals surface area (Å²) in [5, 5.41) is 0. The van der Waals surface area contributed by atoms with E-state index >= 15 is 0 Å². The molecule has 0 aliphatic carbocycles. The zero-order valence-corrected chi connectivity index (χ0v) is 16.7. The third-order valence-electron chi connectivity index (χ3n) is 3.82. The normalized spacial score (nSPS) is 10.6. The molecule has 2 aromatic rings. The van der Waals surface area contributed by atoms with Gasteiger partial charge in [-0.1, -0.05) is 40.5 Å². The highest BCUT2D eigenvalue weighted by Crippen LogP contribution is 2.15. The zero-order valence-electron chi connectivity index (χ0n) is 16.7. The Morgan fingerprint density at radius 2 is 1.41 bits per heavy atom. The number of halogens is 2. The van der Waals surface area contributed by atoms with Crippen LogP contribution in [0.5, 0.6) is 0 Å². The van der Waals surface area contributed by atoms with Crippen molar-refractivity contribution in [1.29, 1.82) is 0 Å². The summed E-state index contributed by atoms with van der Waals surface area (Å²) in [6.45, 7) is 8.32. The second kappa shape index (κ2) is 14.8. The molecule has 4 heteroatoms. The molecule has 0 aliphatic rings. The molecule has 0 amide bonds. The van der Waals surface area contributed by atoms with Gasteiger partial charge in [-0.05, 0) is 60.9 Å². The van der Waals surface area contributed by atoms with Crippen LogP contribution in [0.25, 0.3) is 0 Å². The zero-order chi connectivity index (χ0) is 20.7. The lowest BCUT2D eigenvalue weighted by atomic mass is 9.97. The van der Waals surface area contributed by atoms with Crippen molar-refractivity contribution in [3.8, 4) is 0 Å². The van der Waals surface area contributed by atoms with E-state index in [1.54, 1.807) is 12.1 Å². The SMILES string of the molecule is CC.CCCC(C)CCC(=O)c1ccc(F)cc1.O=Cc1ccc(F)cc1. The van der Waals surface area contributed by atoms with Crippen molar-refractivity contribution in [3.63, 3.8) is 0 Å². The van der Waals surface area contributed by atoms with Gasteiger partial charge in [-0.2, -0.15) is 0 Å². The molecule has 1 unspecified atom stereocenters. The van der Waals surface area contributed by atoms with Crippen LogP contribution in [0.3, 0.4) is 0 Å². The summed E-state index contributed by atoms with van der Waals surface area (Å²) < 4.78 is 24.8. The Hall–Kier alpha value is -2.36. The van der Waals surface area contributed by atoms with Crippen LogP contribution in [-0.2, 0) is 0 Å². The molecule has 0 spiro atoms. The summed E-state index contributed by atoms with van der Waals surface area (Å²) in [5.41, 5.74) is 1.11. The van der Waals surface area contributed by atoms with Crippen LogP contribution in [0.15, 0.2) is 48.5 Å². The Bertz CT molecular complexity index is 649. The summed E-state index contributed by atoms with van der Waals surface area (Å²) in [6, 6.07) is 11.2. The maximum absolute atomic E-state index is 12.7. The molecule has 0 aromatic heterocycles. The maximum Gasteiger partial charge on any atom is 0.162 e. The lowest BCUT2D eigenvalue weighted by Gasteiger charge is -2.08. The molecule has 0 heterocycles. The molecule has 2 nitrogen and oxygen atoms in total. The monoisotopic (exact) mass is 376 g/mol. The predicted octanol–water partition coefficient (Wildman–Crippen LogP) is 6.89. The van der Waals surface area contributed by atoms with Gasteiger partial charge in [0.2, 0.25) is 0 Å². The van der Waals surface area contributed by atoms with E-state index in [1.807, 2.05) is 13.8 Å². The molecule has 0 saturated carbocycles. The Morgan fingerprint density at radius 1 is 0.926 bits per heavy atom. The molecule has 27 heavy (non-hydrogen) atoms. The first-order chi connectivity index (χ1) is 13.0. The van der Waals surface area contributed by atoms with E-state index in [2.05, 4.69) is 13.8 Å². The first-order valence-electron chi connectivity index (χ1n) is 9.45. The van der Waals surface area contributed by atoms with Crippen LogP contribution in [0.2, 0.25) is 0 Å². The molecule has 1 atom stereocenters. The number of Topliss-reactive ketones (excluding diaryl/α,β-unsaturated/α-hetero) is 1. The van der Waals surface area contributed by atoms with Crippen LogP contribution in [0.1, 0.15) is 74.1 Å². The van der Waals surface area contributed by atoms with Crippen molar-refractivity contribution in [1.82, 2.24) is 0 Å². The third kappa shape index (κ3) is 11.1. The molecular formula is C23H30F2O2. The van der Waals surface area contributed by atoms with Crippen LogP contribution in [0.4, 0.5) is 8.78 Å². The van der Waals surface area contributed by atoms with E-state index in [4.69, 9.17) is 0 Å². The highest BCUT2D eigenvalue weighted by molar-refractivity contribution is 5.95. The van der Waals surface area contributed by atoms with Crippen LogP contribution >= 0.6 is 0 Å². The van der Waals surface area contributed by atoms with Crippen LogP contribution in [-0.4, -0.2) is 12.1 Å². The highest BCUT2D eigenvalue weighted by atomic mass is 19.1. The van der Waals surface area contributed by atoms with Gasteiger partial charge in [0.25, 0.3) is 0 Å². The van der Waals surface area contributed by atoms with Crippen LogP contribution < -0.4 is 0 Å². The molecule has 0 radical (unpaired) electrons. The average molecular weight is 376 g/mol. The largest absolute Gasteiger partial charge is 0.298 e. The van der Waals surface area contributed by atoms with E-state index in [0.717, 1.165) is 19.3 Å². The minimum atomic E-state index is -0.319. The number of hydrogen-bond donors (Lipinski definition) is 0. The fraction of sp³-hybridized carbons (Fsp3) is 0.391. The molecular weight excluding hydrogens is 346 g/mol. The van der Waals surface area contributed by atoms with E-state index in [1.165, 1.54) is 36.4 Å². The molecule has 0 saturated heterocycles. The molecule has 0 aliphatic heterocycles. The smallest absolute Gasteiger partial charge is 0.162 e. The van der Waals surface area contributed by atoms with Crippen molar-refractivity contribution < 1.29 is 18.4 Å². The molecule has 2 rings (SSSR count). The van der Waals surface area contributed by atoms with E-state index in [9.17, 15) is 18.4 Å². The minimum absolute atomic E-state index is 0.114. The Kier molecular flexibility index (Phi) is 13.5. The van der Waals surface area contributed by atoms with Crippen molar-refractivity contribution in [3.05, 3.63) is 71.3 Å². The lowest BCUT2D eigenvalue weighted by molar-refractivity contribution is 0.0973. The van der Waals surface area contributed by atoms with E-state index < -0.39 is 0 Å². The van der Waals surface area contributed by atoms with Gasteiger partial charge in [-0.15, -0.1) is 0 Å².